The van der Waals surface area contributed by atoms with E-state index in [0.717, 1.165) is 30.2 Å². The molecular formula is C14H16BrN3OS. The van der Waals surface area contributed by atoms with E-state index >= 15 is 0 Å². The molecule has 0 radical (unpaired) electrons. The van der Waals surface area contributed by atoms with E-state index < -0.39 is 5.54 Å². The first-order valence-electron chi connectivity index (χ1n) is 6.67. The monoisotopic (exact) mass is 353 g/mol. The van der Waals surface area contributed by atoms with Crippen molar-refractivity contribution in [2.24, 2.45) is 5.73 Å². The summed E-state index contributed by atoms with van der Waals surface area (Å²) in [6.45, 7) is 0. The molecule has 106 valence electrons. The molecule has 0 amide bonds. The third-order valence-corrected chi connectivity index (χ3v) is 5.61. The zero-order valence-electron chi connectivity index (χ0n) is 11.0. The van der Waals surface area contributed by atoms with Gasteiger partial charge in [0, 0.05) is 9.37 Å². The van der Waals surface area contributed by atoms with Crippen molar-refractivity contribution in [1.82, 2.24) is 10.1 Å². The molecule has 1 aromatic heterocycles. The molecule has 0 bridgehead atoms. The van der Waals surface area contributed by atoms with Gasteiger partial charge in [-0.15, -0.1) is 11.8 Å². The lowest BCUT2D eigenvalue weighted by molar-refractivity contribution is 0.284. The second kappa shape index (κ2) is 5.87. The van der Waals surface area contributed by atoms with Crippen molar-refractivity contribution < 1.29 is 4.52 Å². The number of aromatic nitrogens is 2. The molecule has 4 nitrogen and oxygen atoms in total. The number of benzene rings is 1. The van der Waals surface area contributed by atoms with Gasteiger partial charge in [0.25, 0.3) is 0 Å². The van der Waals surface area contributed by atoms with E-state index in [4.69, 9.17) is 10.3 Å². The van der Waals surface area contributed by atoms with Gasteiger partial charge in [-0.25, -0.2) is 0 Å². The molecule has 2 aromatic rings. The van der Waals surface area contributed by atoms with Crippen LogP contribution in [0.5, 0.6) is 0 Å². The van der Waals surface area contributed by atoms with Crippen LogP contribution in [0.3, 0.4) is 0 Å². The van der Waals surface area contributed by atoms with Gasteiger partial charge in [0.05, 0.1) is 11.3 Å². The fourth-order valence-electron chi connectivity index (χ4n) is 2.44. The van der Waals surface area contributed by atoms with Crippen LogP contribution < -0.4 is 5.73 Å². The Bertz CT molecular complexity index is 596. The Morgan fingerprint density at radius 2 is 2.05 bits per heavy atom. The Kier molecular flexibility index (Phi) is 4.14. The summed E-state index contributed by atoms with van der Waals surface area (Å²) in [5.74, 6) is 1.98. The van der Waals surface area contributed by atoms with Gasteiger partial charge in [-0.05, 0) is 40.9 Å². The highest BCUT2D eigenvalue weighted by atomic mass is 79.9. The molecule has 20 heavy (non-hydrogen) atoms. The van der Waals surface area contributed by atoms with Crippen LogP contribution in [-0.4, -0.2) is 10.1 Å². The fourth-order valence-corrected chi connectivity index (χ4v) is 3.85. The van der Waals surface area contributed by atoms with Crippen LogP contribution in [0.25, 0.3) is 0 Å². The minimum absolute atomic E-state index is 0.400. The second-order valence-corrected chi connectivity index (χ2v) is 6.97. The number of nitrogens with zero attached hydrogens (tertiary/aromatic N) is 2. The Balaban J connectivity index is 1.67. The summed E-state index contributed by atoms with van der Waals surface area (Å²) < 4.78 is 6.44. The molecular weight excluding hydrogens is 338 g/mol. The molecule has 3 rings (SSSR count). The maximum atomic E-state index is 6.31. The minimum atomic E-state index is -0.400. The molecule has 1 fully saturated rings. The van der Waals surface area contributed by atoms with Crippen molar-refractivity contribution in [1.29, 1.82) is 0 Å². The molecule has 0 atom stereocenters. The van der Waals surface area contributed by atoms with Crippen molar-refractivity contribution in [3.63, 3.8) is 0 Å². The molecule has 0 spiro atoms. The first-order valence-corrected chi connectivity index (χ1v) is 8.44. The smallest absolute Gasteiger partial charge is 0.246 e. The van der Waals surface area contributed by atoms with Crippen LogP contribution in [0.2, 0.25) is 0 Å². The van der Waals surface area contributed by atoms with Crippen molar-refractivity contribution in [2.45, 2.75) is 41.9 Å². The number of nitrogens with two attached hydrogens (primary N) is 1. The predicted molar refractivity (Wildman–Crippen MR) is 82.3 cm³/mol. The van der Waals surface area contributed by atoms with Crippen molar-refractivity contribution in [3.05, 3.63) is 40.5 Å². The quantitative estimate of drug-likeness (QED) is 0.845. The van der Waals surface area contributed by atoms with E-state index in [1.165, 1.54) is 4.90 Å². The zero-order chi connectivity index (χ0) is 14.0. The van der Waals surface area contributed by atoms with Crippen LogP contribution in [0, 0.1) is 0 Å². The van der Waals surface area contributed by atoms with Crippen LogP contribution in [0.1, 0.15) is 37.4 Å². The summed E-state index contributed by atoms with van der Waals surface area (Å²) in [4.78, 5) is 5.64. The van der Waals surface area contributed by atoms with E-state index in [1.54, 1.807) is 11.8 Å². The first-order chi connectivity index (χ1) is 9.67. The molecule has 2 N–H and O–H groups in total. The largest absolute Gasteiger partial charge is 0.337 e. The molecule has 0 unspecified atom stereocenters. The van der Waals surface area contributed by atoms with Gasteiger partial charge in [0.2, 0.25) is 5.89 Å². The summed E-state index contributed by atoms with van der Waals surface area (Å²) >= 11 is 5.21. The van der Waals surface area contributed by atoms with Gasteiger partial charge in [0.1, 0.15) is 0 Å². The number of rotatable bonds is 4. The Morgan fingerprint density at radius 3 is 2.80 bits per heavy atom. The molecule has 6 heteroatoms. The SMILES string of the molecule is NC1(c2nc(CSc3ccccc3Br)no2)CCCC1. The maximum absolute atomic E-state index is 6.31. The predicted octanol–water partition coefficient (Wildman–Crippen LogP) is 3.85. The van der Waals surface area contributed by atoms with Gasteiger partial charge in [0.15, 0.2) is 5.82 Å². The first kappa shape index (κ1) is 14.1. The van der Waals surface area contributed by atoms with Crippen LogP contribution >= 0.6 is 27.7 Å². The van der Waals surface area contributed by atoms with Crippen molar-refractivity contribution in [2.75, 3.05) is 0 Å². The average Bonchev–Trinajstić information content (AvgIpc) is 3.08. The number of halogens is 1. The van der Waals surface area contributed by atoms with Gasteiger partial charge >= 0.3 is 0 Å². The highest BCUT2D eigenvalue weighted by Gasteiger charge is 2.36. The van der Waals surface area contributed by atoms with Gasteiger partial charge < -0.3 is 10.3 Å². The number of thioether (sulfide) groups is 1. The zero-order valence-corrected chi connectivity index (χ0v) is 13.4. The summed E-state index contributed by atoms with van der Waals surface area (Å²) in [6.07, 6.45) is 4.15. The summed E-state index contributed by atoms with van der Waals surface area (Å²) in [5.41, 5.74) is 5.91. The third kappa shape index (κ3) is 2.92. The lowest BCUT2D eigenvalue weighted by Crippen LogP contribution is -2.33. The van der Waals surface area contributed by atoms with Crippen molar-refractivity contribution >= 4 is 27.7 Å². The summed E-state index contributed by atoms with van der Waals surface area (Å²) in [7, 11) is 0. The second-order valence-electron chi connectivity index (χ2n) is 5.10. The standard InChI is InChI=1S/C14H16BrN3OS/c15-10-5-1-2-6-11(10)20-9-12-17-13(19-18-12)14(16)7-3-4-8-14/h1-2,5-6H,3-4,7-9,16H2. The topological polar surface area (TPSA) is 64.9 Å². The van der Waals surface area contributed by atoms with Gasteiger partial charge in [-0.1, -0.05) is 30.1 Å². The normalized spacial score (nSPS) is 17.5. The molecule has 1 aromatic carbocycles. The number of hydrogen-bond acceptors (Lipinski definition) is 5. The van der Waals surface area contributed by atoms with E-state index in [9.17, 15) is 0 Å². The number of hydrogen-bond donors (Lipinski definition) is 1. The van der Waals surface area contributed by atoms with Gasteiger partial charge in [-0.2, -0.15) is 4.98 Å². The molecule has 0 saturated heterocycles. The molecule has 1 aliphatic carbocycles. The van der Waals surface area contributed by atoms with E-state index in [0.29, 0.717) is 17.5 Å². The Labute approximate surface area is 130 Å². The van der Waals surface area contributed by atoms with Crippen LogP contribution in [-0.2, 0) is 11.3 Å². The third-order valence-electron chi connectivity index (χ3n) is 3.58. The van der Waals surface area contributed by atoms with Crippen LogP contribution in [0.4, 0.5) is 0 Å². The lowest BCUT2D eigenvalue weighted by Gasteiger charge is -2.17. The van der Waals surface area contributed by atoms with Crippen LogP contribution in [0.15, 0.2) is 38.2 Å². The van der Waals surface area contributed by atoms with Gasteiger partial charge in [-0.3, -0.25) is 0 Å². The highest BCUT2D eigenvalue weighted by Crippen LogP contribution is 2.36. The molecule has 0 aliphatic heterocycles. The minimum Gasteiger partial charge on any atom is -0.337 e. The fraction of sp³-hybridized carbons (Fsp3) is 0.429. The van der Waals surface area contributed by atoms with E-state index in [1.807, 2.05) is 18.2 Å². The average molecular weight is 354 g/mol. The van der Waals surface area contributed by atoms with E-state index in [2.05, 4.69) is 32.1 Å². The lowest BCUT2D eigenvalue weighted by atomic mass is 10.00. The summed E-state index contributed by atoms with van der Waals surface area (Å²) in [6, 6.07) is 8.11. The maximum Gasteiger partial charge on any atom is 0.246 e. The molecule has 1 aliphatic rings. The Morgan fingerprint density at radius 1 is 1.30 bits per heavy atom. The van der Waals surface area contributed by atoms with E-state index in [-0.39, 0.29) is 0 Å². The molecule has 1 saturated carbocycles. The van der Waals surface area contributed by atoms with Crippen molar-refractivity contribution in [3.8, 4) is 0 Å². The summed E-state index contributed by atoms with van der Waals surface area (Å²) in [5, 5.41) is 4.05. The molecule has 1 heterocycles. The Hall–Kier alpha value is -0.850. The highest BCUT2D eigenvalue weighted by molar-refractivity contribution is 9.10.